The van der Waals surface area contributed by atoms with Crippen molar-refractivity contribution in [3.8, 4) is 11.5 Å². The van der Waals surface area contributed by atoms with Crippen LogP contribution >= 0.6 is 27.7 Å². The number of carbonyl (C=O) groups is 1. The van der Waals surface area contributed by atoms with Gasteiger partial charge < -0.3 is 11.2 Å². The Kier molecular flexibility index (Phi) is 5.34. The van der Waals surface area contributed by atoms with Gasteiger partial charge in [-0.3, -0.25) is 9.78 Å². The summed E-state index contributed by atoms with van der Waals surface area (Å²) in [4.78, 5) is 16.3. The number of hydrogen-bond acceptors (Lipinski definition) is 6. The zero-order valence-electron chi connectivity index (χ0n) is 13.3. The smallest absolute Gasteiger partial charge is 0.234 e. The molecule has 0 saturated carbocycles. The quantitative estimate of drug-likeness (QED) is 0.488. The Bertz CT molecular complexity index is 899. The Labute approximate surface area is 157 Å². The van der Waals surface area contributed by atoms with Crippen molar-refractivity contribution in [1.82, 2.24) is 19.9 Å². The first-order valence-electron chi connectivity index (χ1n) is 7.35. The van der Waals surface area contributed by atoms with Gasteiger partial charge in [-0.15, -0.1) is 10.2 Å². The van der Waals surface area contributed by atoms with Crippen LogP contribution in [0.5, 0.6) is 0 Å². The van der Waals surface area contributed by atoms with E-state index in [1.165, 1.54) is 16.4 Å². The largest absolute Gasteiger partial charge is 0.335 e. The first-order valence-corrected chi connectivity index (χ1v) is 9.13. The molecule has 7 nitrogen and oxygen atoms in total. The minimum absolute atomic E-state index is 0.144. The van der Waals surface area contributed by atoms with Gasteiger partial charge in [0.25, 0.3) is 0 Å². The minimum Gasteiger partial charge on any atom is -0.335 e. The third kappa shape index (κ3) is 4.18. The maximum atomic E-state index is 12.1. The summed E-state index contributed by atoms with van der Waals surface area (Å²) in [6.45, 7) is 1.96. The van der Waals surface area contributed by atoms with Gasteiger partial charge in [0.15, 0.2) is 0 Å². The molecule has 0 radical (unpaired) electrons. The van der Waals surface area contributed by atoms with Crippen LogP contribution in [0.15, 0.2) is 52.2 Å². The lowest BCUT2D eigenvalue weighted by molar-refractivity contribution is -0.113. The third-order valence-electron chi connectivity index (χ3n) is 3.33. The van der Waals surface area contributed by atoms with E-state index in [1.807, 2.05) is 37.3 Å². The van der Waals surface area contributed by atoms with Gasteiger partial charge in [-0.05, 0) is 42.8 Å². The summed E-state index contributed by atoms with van der Waals surface area (Å²) in [7, 11) is 0. The highest BCUT2D eigenvalue weighted by molar-refractivity contribution is 9.10. The number of nitrogens with two attached hydrogens (primary N) is 1. The zero-order chi connectivity index (χ0) is 17.8. The van der Waals surface area contributed by atoms with Crippen LogP contribution in [0, 0.1) is 6.92 Å². The van der Waals surface area contributed by atoms with Crippen LogP contribution in [0.4, 0.5) is 5.69 Å². The highest BCUT2D eigenvalue weighted by atomic mass is 79.9. The Morgan fingerprint density at radius 3 is 2.88 bits per heavy atom. The summed E-state index contributed by atoms with van der Waals surface area (Å²) >= 11 is 4.65. The van der Waals surface area contributed by atoms with Crippen LogP contribution in [0.1, 0.15) is 5.56 Å². The van der Waals surface area contributed by atoms with Crippen LogP contribution in [0.2, 0.25) is 0 Å². The maximum absolute atomic E-state index is 12.1. The van der Waals surface area contributed by atoms with E-state index < -0.39 is 0 Å². The number of nitrogens with zero attached hydrogens (tertiary/aromatic N) is 4. The first kappa shape index (κ1) is 17.4. The molecule has 0 aliphatic heterocycles. The molecule has 2 heterocycles. The SMILES string of the molecule is Cc1cc(NC(=O)CSc2nnc(-c3ccccn3)n2N)ccc1Br. The fourth-order valence-electron chi connectivity index (χ4n) is 2.09. The molecule has 3 rings (SSSR count). The molecule has 25 heavy (non-hydrogen) atoms. The van der Waals surface area contributed by atoms with E-state index in [-0.39, 0.29) is 11.7 Å². The summed E-state index contributed by atoms with van der Waals surface area (Å²) in [5, 5.41) is 11.4. The Morgan fingerprint density at radius 1 is 1.32 bits per heavy atom. The first-order chi connectivity index (χ1) is 12.0. The van der Waals surface area contributed by atoms with Gasteiger partial charge in [0.1, 0.15) is 5.69 Å². The number of halogens is 1. The Morgan fingerprint density at radius 2 is 2.16 bits per heavy atom. The van der Waals surface area contributed by atoms with Gasteiger partial charge in [0.2, 0.25) is 16.9 Å². The van der Waals surface area contributed by atoms with Crippen molar-refractivity contribution in [3.63, 3.8) is 0 Å². The van der Waals surface area contributed by atoms with Crippen molar-refractivity contribution in [2.45, 2.75) is 12.1 Å². The number of hydrogen-bond donors (Lipinski definition) is 2. The van der Waals surface area contributed by atoms with E-state index in [2.05, 4.69) is 36.4 Å². The molecule has 0 unspecified atom stereocenters. The predicted octanol–water partition coefficient (Wildman–Crippen LogP) is 2.86. The molecule has 9 heteroatoms. The van der Waals surface area contributed by atoms with Crippen molar-refractivity contribution in [2.24, 2.45) is 0 Å². The minimum atomic E-state index is -0.144. The van der Waals surface area contributed by atoms with Gasteiger partial charge in [-0.25, -0.2) is 4.68 Å². The van der Waals surface area contributed by atoms with Gasteiger partial charge in [-0.1, -0.05) is 33.8 Å². The van der Waals surface area contributed by atoms with Gasteiger partial charge >= 0.3 is 0 Å². The second kappa shape index (κ2) is 7.66. The fourth-order valence-corrected chi connectivity index (χ4v) is 3.00. The Balaban J connectivity index is 1.63. The zero-order valence-corrected chi connectivity index (χ0v) is 15.7. The number of aromatic nitrogens is 4. The van der Waals surface area contributed by atoms with E-state index in [4.69, 9.17) is 5.84 Å². The Hall–Kier alpha value is -2.39. The normalized spacial score (nSPS) is 10.6. The molecule has 0 fully saturated rings. The van der Waals surface area contributed by atoms with Crippen LogP contribution in [-0.4, -0.2) is 31.5 Å². The molecule has 1 amide bonds. The van der Waals surface area contributed by atoms with Crippen LogP contribution in [0.25, 0.3) is 11.5 Å². The monoisotopic (exact) mass is 418 g/mol. The lowest BCUT2D eigenvalue weighted by Gasteiger charge is -2.07. The molecule has 3 N–H and O–H groups in total. The molecule has 3 aromatic rings. The lowest BCUT2D eigenvalue weighted by Crippen LogP contribution is -2.16. The summed E-state index contributed by atoms with van der Waals surface area (Å²) in [6, 6.07) is 11.1. The number of carbonyl (C=O) groups excluding carboxylic acids is 1. The number of thioether (sulfide) groups is 1. The van der Waals surface area contributed by atoms with Gasteiger partial charge in [0.05, 0.1) is 5.75 Å². The molecule has 0 saturated heterocycles. The third-order valence-corrected chi connectivity index (χ3v) is 5.17. The van der Waals surface area contributed by atoms with Gasteiger partial charge in [-0.2, -0.15) is 0 Å². The van der Waals surface area contributed by atoms with Crippen molar-refractivity contribution < 1.29 is 4.79 Å². The molecule has 0 aliphatic carbocycles. The van der Waals surface area contributed by atoms with Crippen LogP contribution in [0.3, 0.4) is 0 Å². The molecular weight excluding hydrogens is 404 g/mol. The number of nitrogen functional groups attached to an aromatic ring is 1. The second-order valence-corrected chi connectivity index (χ2v) is 6.99. The number of anilines is 1. The van der Waals surface area contributed by atoms with E-state index >= 15 is 0 Å². The van der Waals surface area contributed by atoms with Crippen molar-refractivity contribution >= 4 is 39.3 Å². The summed E-state index contributed by atoms with van der Waals surface area (Å²) in [6.07, 6.45) is 1.66. The molecule has 0 aliphatic rings. The van der Waals surface area contributed by atoms with Crippen molar-refractivity contribution in [3.05, 3.63) is 52.6 Å². The highest BCUT2D eigenvalue weighted by Gasteiger charge is 2.14. The molecule has 0 bridgehead atoms. The van der Waals surface area contributed by atoms with Crippen molar-refractivity contribution in [2.75, 3.05) is 16.9 Å². The number of rotatable bonds is 5. The van der Waals surface area contributed by atoms with E-state index in [1.54, 1.807) is 12.3 Å². The molecule has 128 valence electrons. The second-order valence-electron chi connectivity index (χ2n) is 5.19. The highest BCUT2D eigenvalue weighted by Crippen LogP contribution is 2.22. The molecule has 2 aromatic heterocycles. The topological polar surface area (TPSA) is 98.7 Å². The molecule has 0 atom stereocenters. The lowest BCUT2D eigenvalue weighted by atomic mass is 10.2. The number of benzene rings is 1. The van der Waals surface area contributed by atoms with Crippen molar-refractivity contribution in [1.29, 1.82) is 0 Å². The average Bonchev–Trinajstić information content (AvgIpc) is 2.98. The fraction of sp³-hybridized carbons (Fsp3) is 0.125. The molecule has 0 spiro atoms. The maximum Gasteiger partial charge on any atom is 0.234 e. The number of pyridine rings is 1. The van der Waals surface area contributed by atoms with E-state index in [0.717, 1.165) is 15.7 Å². The predicted molar refractivity (Wildman–Crippen MR) is 102 cm³/mol. The van der Waals surface area contributed by atoms with Crippen LogP contribution in [-0.2, 0) is 4.79 Å². The van der Waals surface area contributed by atoms with Crippen LogP contribution < -0.4 is 11.2 Å². The summed E-state index contributed by atoms with van der Waals surface area (Å²) in [5.41, 5.74) is 2.42. The molecular formula is C16H15BrN6OS. The number of amides is 1. The summed E-state index contributed by atoms with van der Waals surface area (Å²) < 4.78 is 2.34. The number of nitrogens with one attached hydrogen (secondary N) is 1. The average molecular weight is 419 g/mol. The number of aryl methyl sites for hydroxylation is 1. The van der Waals surface area contributed by atoms with E-state index in [0.29, 0.717) is 16.7 Å². The van der Waals surface area contributed by atoms with Gasteiger partial charge in [0, 0.05) is 16.4 Å². The standard InChI is InChI=1S/C16H15BrN6OS/c1-10-8-11(5-6-12(10)17)20-14(24)9-25-16-22-21-15(23(16)18)13-4-2-3-7-19-13/h2-8H,9,18H2,1H3,(H,20,24). The molecule has 1 aromatic carbocycles. The van der Waals surface area contributed by atoms with E-state index in [9.17, 15) is 4.79 Å². The summed E-state index contributed by atoms with van der Waals surface area (Å²) in [5.74, 6) is 6.48.